The van der Waals surface area contributed by atoms with Crippen LogP contribution in [0.2, 0.25) is 0 Å². The number of hydrogen-bond acceptors (Lipinski definition) is 4. The van der Waals surface area contributed by atoms with Gasteiger partial charge in [-0.25, -0.2) is 8.42 Å². The van der Waals surface area contributed by atoms with Gasteiger partial charge in [-0.2, -0.15) is 0 Å². The number of anilines is 1. The van der Waals surface area contributed by atoms with E-state index in [2.05, 4.69) is 10.0 Å². The summed E-state index contributed by atoms with van der Waals surface area (Å²) in [6, 6.07) is 7.26. The van der Waals surface area contributed by atoms with Crippen molar-refractivity contribution in [2.45, 2.75) is 32.1 Å². The third kappa shape index (κ3) is 5.11. The third-order valence-corrected chi connectivity index (χ3v) is 4.69. The SMILES string of the molecule is CCCNCC(C)S(=O)(=O)Nc1ccccc1COC. The Morgan fingerprint density at radius 3 is 2.65 bits per heavy atom. The lowest BCUT2D eigenvalue weighted by Crippen LogP contribution is -2.35. The predicted molar refractivity (Wildman–Crippen MR) is 82.3 cm³/mol. The molecule has 20 heavy (non-hydrogen) atoms. The van der Waals surface area contributed by atoms with Crippen LogP contribution in [-0.2, 0) is 21.4 Å². The Balaban J connectivity index is 2.75. The lowest BCUT2D eigenvalue weighted by atomic mass is 10.2. The monoisotopic (exact) mass is 300 g/mol. The van der Waals surface area contributed by atoms with Crippen LogP contribution in [0.1, 0.15) is 25.8 Å². The number of para-hydroxylation sites is 1. The minimum atomic E-state index is -3.40. The van der Waals surface area contributed by atoms with Gasteiger partial charge in [0, 0.05) is 19.2 Å². The first-order chi connectivity index (χ1) is 9.51. The van der Waals surface area contributed by atoms with Crippen molar-refractivity contribution in [2.75, 3.05) is 24.9 Å². The van der Waals surface area contributed by atoms with Crippen molar-refractivity contribution in [3.05, 3.63) is 29.8 Å². The van der Waals surface area contributed by atoms with Crippen LogP contribution in [0.4, 0.5) is 5.69 Å². The summed E-state index contributed by atoms with van der Waals surface area (Å²) in [4.78, 5) is 0. The first-order valence-electron chi connectivity index (χ1n) is 6.80. The maximum atomic E-state index is 12.3. The number of sulfonamides is 1. The number of rotatable bonds is 9. The summed E-state index contributed by atoms with van der Waals surface area (Å²) in [7, 11) is -1.82. The maximum Gasteiger partial charge on any atom is 0.236 e. The topological polar surface area (TPSA) is 67.4 Å². The highest BCUT2D eigenvalue weighted by Gasteiger charge is 2.21. The summed E-state index contributed by atoms with van der Waals surface area (Å²) in [5.74, 6) is 0. The van der Waals surface area contributed by atoms with Crippen molar-refractivity contribution < 1.29 is 13.2 Å². The second-order valence-corrected chi connectivity index (χ2v) is 6.85. The van der Waals surface area contributed by atoms with Crippen molar-refractivity contribution >= 4 is 15.7 Å². The van der Waals surface area contributed by atoms with E-state index in [0.29, 0.717) is 18.8 Å². The average Bonchev–Trinajstić information content (AvgIpc) is 2.41. The highest BCUT2D eigenvalue weighted by molar-refractivity contribution is 7.93. The molecule has 1 aromatic rings. The van der Waals surface area contributed by atoms with Crippen LogP contribution in [-0.4, -0.2) is 33.9 Å². The van der Waals surface area contributed by atoms with Gasteiger partial charge in [-0.1, -0.05) is 25.1 Å². The molecule has 0 saturated carbocycles. The molecule has 5 nitrogen and oxygen atoms in total. The van der Waals surface area contributed by atoms with Gasteiger partial charge in [0.2, 0.25) is 10.0 Å². The van der Waals surface area contributed by atoms with Gasteiger partial charge in [-0.15, -0.1) is 0 Å². The molecule has 114 valence electrons. The fourth-order valence-corrected chi connectivity index (χ4v) is 2.79. The first kappa shape index (κ1) is 16.9. The second-order valence-electron chi connectivity index (χ2n) is 4.75. The Labute approximate surface area is 121 Å². The zero-order valence-corrected chi connectivity index (χ0v) is 13.2. The third-order valence-electron chi connectivity index (χ3n) is 2.96. The molecule has 0 aliphatic heterocycles. The summed E-state index contributed by atoms with van der Waals surface area (Å²) in [6.45, 7) is 5.38. The van der Waals surface area contributed by atoms with E-state index >= 15 is 0 Å². The molecule has 0 saturated heterocycles. The van der Waals surface area contributed by atoms with E-state index in [1.807, 2.05) is 19.1 Å². The molecule has 0 aromatic heterocycles. The first-order valence-corrected chi connectivity index (χ1v) is 8.35. The minimum absolute atomic E-state index is 0.376. The van der Waals surface area contributed by atoms with E-state index in [1.54, 1.807) is 26.2 Å². The largest absolute Gasteiger partial charge is 0.380 e. The molecule has 6 heteroatoms. The smallest absolute Gasteiger partial charge is 0.236 e. The molecule has 1 aromatic carbocycles. The van der Waals surface area contributed by atoms with E-state index in [-0.39, 0.29) is 0 Å². The van der Waals surface area contributed by atoms with Crippen molar-refractivity contribution in [1.29, 1.82) is 0 Å². The van der Waals surface area contributed by atoms with Crippen LogP contribution < -0.4 is 10.0 Å². The molecular formula is C14H24N2O3S. The number of methoxy groups -OCH3 is 1. The highest BCUT2D eigenvalue weighted by Crippen LogP contribution is 2.18. The summed E-state index contributed by atoms with van der Waals surface area (Å²) < 4.78 is 32.2. The second kappa shape index (κ2) is 8.24. The normalized spacial score (nSPS) is 13.2. The Morgan fingerprint density at radius 2 is 2.00 bits per heavy atom. The summed E-state index contributed by atoms with van der Waals surface area (Å²) >= 11 is 0. The quantitative estimate of drug-likeness (QED) is 0.684. The number of hydrogen-bond donors (Lipinski definition) is 2. The summed E-state index contributed by atoms with van der Waals surface area (Å²) in [6.07, 6.45) is 0.983. The van der Waals surface area contributed by atoms with Crippen LogP contribution in [0.25, 0.3) is 0 Å². The molecule has 1 rings (SSSR count). The van der Waals surface area contributed by atoms with Crippen molar-refractivity contribution in [1.82, 2.24) is 5.32 Å². The molecule has 0 aliphatic carbocycles. The van der Waals surface area contributed by atoms with Gasteiger partial charge in [0.25, 0.3) is 0 Å². The van der Waals surface area contributed by atoms with Gasteiger partial charge in [0.05, 0.1) is 17.5 Å². The average molecular weight is 300 g/mol. The summed E-state index contributed by atoms with van der Waals surface area (Å²) in [5, 5.41) is 2.63. The maximum absolute atomic E-state index is 12.3. The molecule has 0 spiro atoms. The zero-order valence-electron chi connectivity index (χ0n) is 12.3. The number of ether oxygens (including phenoxy) is 1. The van der Waals surface area contributed by atoms with E-state index in [0.717, 1.165) is 18.5 Å². The van der Waals surface area contributed by atoms with Crippen molar-refractivity contribution in [2.24, 2.45) is 0 Å². The van der Waals surface area contributed by atoms with Crippen molar-refractivity contribution in [3.8, 4) is 0 Å². The van der Waals surface area contributed by atoms with E-state index in [4.69, 9.17) is 4.74 Å². The standard InChI is InChI=1S/C14H24N2O3S/c1-4-9-15-10-12(2)20(17,18)16-14-8-6-5-7-13(14)11-19-3/h5-8,12,15-16H,4,9-11H2,1-3H3. The lowest BCUT2D eigenvalue weighted by Gasteiger charge is -2.17. The molecular weight excluding hydrogens is 276 g/mol. The van der Waals surface area contributed by atoms with Crippen LogP contribution >= 0.6 is 0 Å². The number of nitrogens with one attached hydrogen (secondary N) is 2. The Hall–Kier alpha value is -1.11. The van der Waals surface area contributed by atoms with Crippen LogP contribution in [0, 0.1) is 0 Å². The van der Waals surface area contributed by atoms with Gasteiger partial charge >= 0.3 is 0 Å². The Morgan fingerprint density at radius 1 is 1.30 bits per heavy atom. The molecule has 0 bridgehead atoms. The molecule has 2 N–H and O–H groups in total. The van der Waals surface area contributed by atoms with E-state index in [9.17, 15) is 8.42 Å². The molecule has 1 unspecified atom stereocenters. The molecule has 0 aliphatic rings. The molecule has 0 radical (unpaired) electrons. The van der Waals surface area contributed by atoms with Gasteiger partial charge in [0.15, 0.2) is 0 Å². The fourth-order valence-electron chi connectivity index (χ4n) is 1.75. The van der Waals surface area contributed by atoms with E-state index < -0.39 is 15.3 Å². The van der Waals surface area contributed by atoms with Gasteiger partial charge in [-0.3, -0.25) is 4.72 Å². The highest BCUT2D eigenvalue weighted by atomic mass is 32.2. The Bertz CT molecular complexity index is 503. The molecule has 0 amide bonds. The van der Waals surface area contributed by atoms with Crippen molar-refractivity contribution in [3.63, 3.8) is 0 Å². The minimum Gasteiger partial charge on any atom is -0.380 e. The van der Waals surface area contributed by atoms with Crippen LogP contribution in [0.5, 0.6) is 0 Å². The molecule has 1 atom stereocenters. The van der Waals surface area contributed by atoms with Gasteiger partial charge in [-0.05, 0) is 26.0 Å². The molecule has 0 fully saturated rings. The van der Waals surface area contributed by atoms with E-state index in [1.165, 1.54) is 0 Å². The summed E-state index contributed by atoms with van der Waals surface area (Å²) in [5.41, 5.74) is 1.41. The number of benzene rings is 1. The van der Waals surface area contributed by atoms with Gasteiger partial charge < -0.3 is 10.1 Å². The predicted octanol–water partition coefficient (Wildman–Crippen LogP) is 1.96. The molecule has 0 heterocycles. The Kier molecular flexibility index (Phi) is 6.98. The lowest BCUT2D eigenvalue weighted by molar-refractivity contribution is 0.185. The zero-order chi connectivity index (χ0) is 15.0. The van der Waals surface area contributed by atoms with Crippen LogP contribution in [0.15, 0.2) is 24.3 Å². The van der Waals surface area contributed by atoms with Crippen LogP contribution in [0.3, 0.4) is 0 Å². The van der Waals surface area contributed by atoms with Gasteiger partial charge in [0.1, 0.15) is 0 Å². The fraction of sp³-hybridized carbons (Fsp3) is 0.571.